The molecule has 1 amide bonds. The van der Waals surface area contributed by atoms with Gasteiger partial charge in [-0.2, -0.15) is 0 Å². The van der Waals surface area contributed by atoms with Gasteiger partial charge in [-0.05, 0) is 49.4 Å². The Morgan fingerprint density at radius 3 is 2.69 bits per heavy atom. The Morgan fingerprint density at radius 1 is 1.10 bits per heavy atom. The van der Waals surface area contributed by atoms with Gasteiger partial charge in [0.15, 0.2) is 11.5 Å². The highest BCUT2D eigenvalue weighted by molar-refractivity contribution is 7.99. The van der Waals surface area contributed by atoms with E-state index >= 15 is 0 Å². The lowest BCUT2D eigenvalue weighted by Crippen LogP contribution is -2.31. The van der Waals surface area contributed by atoms with Crippen molar-refractivity contribution < 1.29 is 14.3 Å². The quantitative estimate of drug-likeness (QED) is 0.568. The lowest BCUT2D eigenvalue weighted by atomic mass is 10.2. The summed E-state index contributed by atoms with van der Waals surface area (Å²) in [7, 11) is 3.22. The molecule has 1 aromatic heterocycles. The van der Waals surface area contributed by atoms with E-state index in [2.05, 4.69) is 11.1 Å². The van der Waals surface area contributed by atoms with Crippen LogP contribution in [-0.4, -0.2) is 37.4 Å². The number of ether oxygens (including phenoxy) is 2. The van der Waals surface area contributed by atoms with Crippen molar-refractivity contribution in [3.05, 3.63) is 53.0 Å². The molecule has 2 aromatic carbocycles. The fourth-order valence-corrected chi connectivity index (χ4v) is 5.35. The van der Waals surface area contributed by atoms with Gasteiger partial charge in [0.2, 0.25) is 0 Å². The summed E-state index contributed by atoms with van der Waals surface area (Å²) in [6.07, 6.45) is 0.964. The van der Waals surface area contributed by atoms with E-state index in [0.717, 1.165) is 39.0 Å². The number of fused-ring (bicyclic) bond motifs is 1. The molecule has 1 aliphatic heterocycles. The minimum Gasteiger partial charge on any atom is -0.493 e. The highest BCUT2D eigenvalue weighted by Crippen LogP contribution is 2.38. The second-order valence-electron chi connectivity index (χ2n) is 6.63. The standard InChI is InChI=1S/C22H22N2O3S2/c1-14-20(22(25)24-11-6-12-28-19-8-5-4-7-16(19)24)29-21(23-14)15-9-10-17(26-2)18(13-15)27-3/h4-5,7-10,13H,6,11-12H2,1-3H3. The topological polar surface area (TPSA) is 51.7 Å². The molecule has 29 heavy (non-hydrogen) atoms. The molecule has 0 N–H and O–H groups in total. The zero-order valence-corrected chi connectivity index (χ0v) is 18.2. The molecule has 0 aliphatic carbocycles. The van der Waals surface area contributed by atoms with E-state index < -0.39 is 0 Å². The Hall–Kier alpha value is -2.51. The molecule has 1 aliphatic rings. The van der Waals surface area contributed by atoms with E-state index in [4.69, 9.17) is 9.47 Å². The molecule has 2 heterocycles. The summed E-state index contributed by atoms with van der Waals surface area (Å²) < 4.78 is 10.7. The number of anilines is 1. The molecule has 5 nitrogen and oxygen atoms in total. The first-order valence-corrected chi connectivity index (χ1v) is 11.2. The average Bonchev–Trinajstić information content (AvgIpc) is 3.01. The lowest BCUT2D eigenvalue weighted by molar-refractivity contribution is 0.0990. The number of thiazole rings is 1. The fourth-order valence-electron chi connectivity index (χ4n) is 3.35. The van der Waals surface area contributed by atoms with Crippen molar-refractivity contribution in [2.75, 3.05) is 31.4 Å². The number of rotatable bonds is 4. The van der Waals surface area contributed by atoms with Gasteiger partial charge in [0.25, 0.3) is 5.91 Å². The number of aryl methyl sites for hydroxylation is 1. The number of thioether (sulfide) groups is 1. The molecule has 0 bridgehead atoms. The van der Waals surface area contributed by atoms with E-state index in [1.807, 2.05) is 60.0 Å². The third-order valence-electron chi connectivity index (χ3n) is 4.81. The molecule has 0 radical (unpaired) electrons. The van der Waals surface area contributed by atoms with Crippen LogP contribution in [0, 0.1) is 6.92 Å². The van der Waals surface area contributed by atoms with Gasteiger partial charge < -0.3 is 14.4 Å². The Kier molecular flexibility index (Phi) is 5.78. The molecular weight excluding hydrogens is 404 g/mol. The lowest BCUT2D eigenvalue weighted by Gasteiger charge is -2.22. The third-order valence-corrected chi connectivity index (χ3v) is 7.15. The summed E-state index contributed by atoms with van der Waals surface area (Å²) in [5.74, 6) is 2.34. The van der Waals surface area contributed by atoms with Crippen LogP contribution in [0.3, 0.4) is 0 Å². The van der Waals surface area contributed by atoms with Gasteiger partial charge in [-0.3, -0.25) is 4.79 Å². The molecular formula is C22H22N2O3S2. The molecule has 4 rings (SSSR count). The first-order chi connectivity index (χ1) is 14.1. The van der Waals surface area contributed by atoms with Crippen LogP contribution in [-0.2, 0) is 0 Å². The number of carbonyl (C=O) groups is 1. The van der Waals surface area contributed by atoms with Crippen LogP contribution < -0.4 is 14.4 Å². The average molecular weight is 427 g/mol. The zero-order valence-electron chi connectivity index (χ0n) is 16.6. The number of hydrogen-bond acceptors (Lipinski definition) is 6. The number of hydrogen-bond donors (Lipinski definition) is 0. The van der Waals surface area contributed by atoms with Crippen LogP contribution in [0.2, 0.25) is 0 Å². The molecule has 7 heteroatoms. The largest absolute Gasteiger partial charge is 0.493 e. The van der Waals surface area contributed by atoms with E-state index in [1.165, 1.54) is 11.3 Å². The Bertz CT molecular complexity index is 1050. The van der Waals surface area contributed by atoms with Crippen LogP contribution in [0.25, 0.3) is 10.6 Å². The van der Waals surface area contributed by atoms with Crippen LogP contribution in [0.4, 0.5) is 5.69 Å². The Labute approximate surface area is 178 Å². The van der Waals surface area contributed by atoms with Crippen molar-refractivity contribution in [3.63, 3.8) is 0 Å². The highest BCUT2D eigenvalue weighted by Gasteiger charge is 2.26. The van der Waals surface area contributed by atoms with Gasteiger partial charge in [-0.15, -0.1) is 23.1 Å². The van der Waals surface area contributed by atoms with E-state index in [0.29, 0.717) is 22.9 Å². The molecule has 0 spiro atoms. The van der Waals surface area contributed by atoms with Crippen LogP contribution >= 0.6 is 23.1 Å². The number of methoxy groups -OCH3 is 2. The van der Waals surface area contributed by atoms with Gasteiger partial charge in [0.05, 0.1) is 25.6 Å². The summed E-state index contributed by atoms with van der Waals surface area (Å²) in [4.78, 5) is 21.9. The first-order valence-electron chi connectivity index (χ1n) is 9.36. The molecule has 3 aromatic rings. The van der Waals surface area contributed by atoms with Gasteiger partial charge in [0, 0.05) is 17.0 Å². The normalized spacial score (nSPS) is 13.6. The molecule has 0 saturated carbocycles. The summed E-state index contributed by atoms with van der Waals surface area (Å²) in [5.41, 5.74) is 2.64. The maximum atomic E-state index is 13.4. The predicted molar refractivity (Wildman–Crippen MR) is 119 cm³/mol. The maximum absolute atomic E-state index is 13.4. The summed E-state index contributed by atoms with van der Waals surface area (Å²) >= 11 is 3.23. The van der Waals surface area contributed by atoms with Gasteiger partial charge >= 0.3 is 0 Å². The monoisotopic (exact) mass is 426 g/mol. The minimum atomic E-state index is 0.0154. The second kappa shape index (κ2) is 8.47. The Morgan fingerprint density at radius 2 is 1.90 bits per heavy atom. The van der Waals surface area contributed by atoms with Crippen molar-refractivity contribution in [2.24, 2.45) is 0 Å². The van der Waals surface area contributed by atoms with Gasteiger partial charge in [-0.25, -0.2) is 4.98 Å². The van der Waals surface area contributed by atoms with Crippen molar-refractivity contribution >= 4 is 34.7 Å². The number of nitrogens with zero attached hydrogens (tertiary/aromatic N) is 2. The molecule has 0 atom stereocenters. The minimum absolute atomic E-state index is 0.0154. The predicted octanol–water partition coefficient (Wildman–Crippen LogP) is 5.28. The fraction of sp³-hybridized carbons (Fsp3) is 0.273. The number of amides is 1. The second-order valence-corrected chi connectivity index (χ2v) is 8.77. The van der Waals surface area contributed by atoms with Crippen LogP contribution in [0.1, 0.15) is 21.8 Å². The number of para-hydroxylation sites is 1. The summed E-state index contributed by atoms with van der Waals surface area (Å²) in [6, 6.07) is 13.8. The summed E-state index contributed by atoms with van der Waals surface area (Å²) in [6.45, 7) is 2.61. The van der Waals surface area contributed by atoms with E-state index in [9.17, 15) is 4.79 Å². The first kappa shape index (κ1) is 19.8. The molecule has 0 unspecified atom stereocenters. The third kappa shape index (κ3) is 3.84. The Balaban J connectivity index is 1.69. The van der Waals surface area contributed by atoms with Crippen molar-refractivity contribution in [1.82, 2.24) is 4.98 Å². The number of aromatic nitrogens is 1. The van der Waals surface area contributed by atoms with E-state index in [1.54, 1.807) is 14.2 Å². The highest BCUT2D eigenvalue weighted by atomic mass is 32.2. The summed E-state index contributed by atoms with van der Waals surface area (Å²) in [5, 5.41) is 0.796. The van der Waals surface area contributed by atoms with Crippen molar-refractivity contribution in [1.29, 1.82) is 0 Å². The molecule has 0 saturated heterocycles. The SMILES string of the molecule is COc1ccc(-c2nc(C)c(C(=O)N3CCCSc4ccccc43)s2)cc1OC. The van der Waals surface area contributed by atoms with Crippen LogP contribution in [0.5, 0.6) is 11.5 Å². The van der Waals surface area contributed by atoms with E-state index in [-0.39, 0.29) is 5.91 Å². The van der Waals surface area contributed by atoms with Crippen molar-refractivity contribution in [3.8, 4) is 22.1 Å². The smallest absolute Gasteiger partial charge is 0.270 e. The molecule has 0 fully saturated rings. The van der Waals surface area contributed by atoms with Crippen molar-refractivity contribution in [2.45, 2.75) is 18.2 Å². The molecule has 150 valence electrons. The number of benzene rings is 2. The van der Waals surface area contributed by atoms with Crippen LogP contribution in [0.15, 0.2) is 47.4 Å². The van der Waals surface area contributed by atoms with Gasteiger partial charge in [0.1, 0.15) is 9.88 Å². The maximum Gasteiger partial charge on any atom is 0.270 e. The van der Waals surface area contributed by atoms with Gasteiger partial charge in [-0.1, -0.05) is 12.1 Å². The zero-order chi connectivity index (χ0) is 20.4. The number of carbonyl (C=O) groups excluding carboxylic acids is 1.